The van der Waals surface area contributed by atoms with Gasteiger partial charge in [0.05, 0.1) is 5.92 Å². The molecule has 2 aliphatic rings. The monoisotopic (exact) mass is 416 g/mol. The molecule has 1 amide bonds. The number of carbonyl (C=O) groups is 2. The molecule has 1 fully saturated rings. The average molecular weight is 417 g/mol. The van der Waals surface area contributed by atoms with E-state index in [1.807, 2.05) is 53.7 Å². The van der Waals surface area contributed by atoms with Crippen LogP contribution in [0.2, 0.25) is 0 Å². The molecule has 0 spiro atoms. The van der Waals surface area contributed by atoms with Crippen LogP contribution in [-0.4, -0.2) is 41.3 Å². The van der Waals surface area contributed by atoms with E-state index in [0.29, 0.717) is 13.1 Å². The van der Waals surface area contributed by atoms with Gasteiger partial charge in [-0.1, -0.05) is 12.1 Å². The van der Waals surface area contributed by atoms with E-state index in [2.05, 4.69) is 6.07 Å². The van der Waals surface area contributed by atoms with Gasteiger partial charge in [0, 0.05) is 18.8 Å². The van der Waals surface area contributed by atoms with Crippen molar-refractivity contribution in [2.75, 3.05) is 18.8 Å². The molecular formula is C24H36N2O4. The van der Waals surface area contributed by atoms with Gasteiger partial charge in [0.1, 0.15) is 11.2 Å². The lowest BCUT2D eigenvalue weighted by Gasteiger charge is -2.31. The van der Waals surface area contributed by atoms with Crippen LogP contribution < -0.4 is 5.73 Å². The number of hydrogen-bond acceptors (Lipinski definition) is 5. The van der Waals surface area contributed by atoms with Gasteiger partial charge in [0.25, 0.3) is 0 Å². The Morgan fingerprint density at radius 2 is 1.73 bits per heavy atom. The molecule has 6 heteroatoms. The fraction of sp³-hybridized carbons (Fsp3) is 0.667. The molecule has 1 saturated heterocycles. The van der Waals surface area contributed by atoms with Crippen molar-refractivity contribution in [3.63, 3.8) is 0 Å². The number of amides is 1. The predicted molar refractivity (Wildman–Crippen MR) is 117 cm³/mol. The Kier molecular flexibility index (Phi) is 6.08. The molecule has 0 saturated carbocycles. The predicted octanol–water partition coefficient (Wildman–Crippen LogP) is 4.51. The van der Waals surface area contributed by atoms with Crippen LogP contribution in [0.3, 0.4) is 0 Å². The van der Waals surface area contributed by atoms with Crippen molar-refractivity contribution < 1.29 is 19.1 Å². The van der Waals surface area contributed by atoms with Crippen molar-refractivity contribution in [1.29, 1.82) is 0 Å². The molecule has 166 valence electrons. The zero-order valence-electron chi connectivity index (χ0n) is 19.2. The molecule has 1 heterocycles. The second-order valence-electron chi connectivity index (χ2n) is 10.6. The van der Waals surface area contributed by atoms with Crippen molar-refractivity contribution in [2.24, 2.45) is 11.8 Å². The molecular weight excluding hydrogens is 380 g/mol. The summed E-state index contributed by atoms with van der Waals surface area (Å²) >= 11 is 0. The first kappa shape index (κ1) is 22.4. The number of esters is 1. The molecule has 3 atom stereocenters. The number of carbonyl (C=O) groups excluding carboxylic acids is 2. The maximum absolute atomic E-state index is 13.3. The van der Waals surface area contributed by atoms with Gasteiger partial charge in [-0.25, -0.2) is 4.79 Å². The van der Waals surface area contributed by atoms with E-state index < -0.39 is 11.2 Å². The molecule has 1 aliphatic carbocycles. The third-order valence-corrected chi connectivity index (χ3v) is 5.85. The minimum Gasteiger partial charge on any atom is -0.460 e. The topological polar surface area (TPSA) is 81.9 Å². The quantitative estimate of drug-likeness (QED) is 0.579. The van der Waals surface area contributed by atoms with Crippen LogP contribution in [0.4, 0.5) is 10.5 Å². The number of likely N-dealkylation sites (tertiary alicyclic amines) is 1. The number of nitrogens with two attached hydrogens (primary N) is 1. The fourth-order valence-electron chi connectivity index (χ4n) is 4.72. The number of nitrogen functional groups attached to an aromatic ring is 1. The van der Waals surface area contributed by atoms with Crippen molar-refractivity contribution in [2.45, 2.75) is 77.9 Å². The largest absolute Gasteiger partial charge is 0.460 e. The summed E-state index contributed by atoms with van der Waals surface area (Å²) in [5.74, 6) is -0.398. The maximum Gasteiger partial charge on any atom is 0.410 e. The number of ether oxygens (including phenoxy) is 2. The number of anilines is 1. The fourth-order valence-corrected chi connectivity index (χ4v) is 4.72. The van der Waals surface area contributed by atoms with Gasteiger partial charge in [-0.2, -0.15) is 0 Å². The number of benzene rings is 1. The highest BCUT2D eigenvalue weighted by Gasteiger charge is 2.45. The first-order valence-electron chi connectivity index (χ1n) is 10.9. The van der Waals surface area contributed by atoms with Crippen LogP contribution in [0.25, 0.3) is 0 Å². The smallest absolute Gasteiger partial charge is 0.410 e. The summed E-state index contributed by atoms with van der Waals surface area (Å²) in [5.41, 5.74) is 8.20. The summed E-state index contributed by atoms with van der Waals surface area (Å²) in [5, 5.41) is 0. The lowest BCUT2D eigenvalue weighted by atomic mass is 9.78. The van der Waals surface area contributed by atoms with Gasteiger partial charge in [0.2, 0.25) is 0 Å². The molecule has 30 heavy (non-hydrogen) atoms. The van der Waals surface area contributed by atoms with E-state index in [0.717, 1.165) is 36.1 Å². The normalized spacial score (nSPS) is 22.5. The van der Waals surface area contributed by atoms with E-state index in [4.69, 9.17) is 15.2 Å². The van der Waals surface area contributed by atoms with Gasteiger partial charge < -0.3 is 20.1 Å². The van der Waals surface area contributed by atoms with Gasteiger partial charge in [-0.15, -0.1) is 0 Å². The minimum atomic E-state index is -0.560. The van der Waals surface area contributed by atoms with E-state index >= 15 is 0 Å². The van der Waals surface area contributed by atoms with E-state index in [1.54, 1.807) is 4.90 Å². The van der Waals surface area contributed by atoms with E-state index in [9.17, 15) is 9.59 Å². The Morgan fingerprint density at radius 3 is 2.37 bits per heavy atom. The van der Waals surface area contributed by atoms with Gasteiger partial charge >= 0.3 is 12.1 Å². The number of nitrogens with zero attached hydrogens (tertiary/aromatic N) is 1. The molecule has 1 aromatic rings. The third kappa shape index (κ3) is 5.08. The summed E-state index contributed by atoms with van der Waals surface area (Å²) < 4.78 is 11.4. The second-order valence-corrected chi connectivity index (χ2v) is 10.6. The van der Waals surface area contributed by atoms with E-state index in [-0.39, 0.29) is 29.8 Å². The van der Waals surface area contributed by atoms with Crippen LogP contribution in [0, 0.1) is 11.8 Å². The SMILES string of the molecule is CC(C)(C)OC(=O)C(C1CCc2c(N)cccc21)[C@H]1CCN(C(=O)OC(C)(C)C)C1. The zero-order chi connectivity index (χ0) is 22.3. The Labute approximate surface area is 180 Å². The number of hydrogen-bond donors (Lipinski definition) is 1. The van der Waals surface area contributed by atoms with Gasteiger partial charge in [0.15, 0.2) is 0 Å². The van der Waals surface area contributed by atoms with Gasteiger partial charge in [-0.3, -0.25) is 4.79 Å². The van der Waals surface area contributed by atoms with Crippen LogP contribution in [-0.2, 0) is 20.7 Å². The molecule has 1 aliphatic heterocycles. The lowest BCUT2D eigenvalue weighted by molar-refractivity contribution is -0.163. The van der Waals surface area contributed by atoms with Crippen molar-refractivity contribution in [3.05, 3.63) is 29.3 Å². The van der Waals surface area contributed by atoms with Crippen LogP contribution in [0.1, 0.15) is 71.4 Å². The summed E-state index contributed by atoms with van der Waals surface area (Å²) in [6, 6.07) is 5.96. The Hall–Kier alpha value is -2.24. The molecule has 1 aromatic carbocycles. The summed E-state index contributed by atoms with van der Waals surface area (Å²) in [4.78, 5) is 27.6. The van der Waals surface area contributed by atoms with Crippen LogP contribution >= 0.6 is 0 Å². The Morgan fingerprint density at radius 1 is 1.07 bits per heavy atom. The summed E-state index contributed by atoms with van der Waals surface area (Å²) in [6.07, 6.45) is 2.19. The van der Waals surface area contributed by atoms with Crippen molar-refractivity contribution >= 4 is 17.7 Å². The highest BCUT2D eigenvalue weighted by molar-refractivity contribution is 5.76. The van der Waals surface area contributed by atoms with Crippen molar-refractivity contribution in [1.82, 2.24) is 4.90 Å². The summed E-state index contributed by atoms with van der Waals surface area (Å²) in [6.45, 7) is 12.4. The van der Waals surface area contributed by atoms with Gasteiger partial charge in [-0.05, 0) is 89.8 Å². The lowest BCUT2D eigenvalue weighted by Crippen LogP contribution is -2.39. The van der Waals surface area contributed by atoms with Crippen LogP contribution in [0.5, 0.6) is 0 Å². The minimum absolute atomic E-state index is 0.0322. The highest BCUT2D eigenvalue weighted by atomic mass is 16.6. The van der Waals surface area contributed by atoms with Crippen molar-refractivity contribution in [3.8, 4) is 0 Å². The third-order valence-electron chi connectivity index (χ3n) is 5.85. The molecule has 0 radical (unpaired) electrons. The molecule has 0 aromatic heterocycles. The Bertz CT molecular complexity index is 806. The Balaban J connectivity index is 1.85. The molecule has 2 N–H and O–H groups in total. The average Bonchev–Trinajstić information content (AvgIpc) is 3.21. The second kappa shape index (κ2) is 8.12. The first-order chi connectivity index (χ1) is 13.9. The van der Waals surface area contributed by atoms with E-state index in [1.165, 1.54) is 0 Å². The number of rotatable bonds is 3. The summed E-state index contributed by atoms with van der Waals surface area (Å²) in [7, 11) is 0. The standard InChI is InChI=1S/C24H36N2O4/c1-23(2,3)29-21(27)20(18-11-10-17-16(18)8-7-9-19(17)25)15-12-13-26(14-15)22(28)30-24(4,5)6/h7-9,15,18,20H,10-14,25H2,1-6H3/t15-,18?,20?/m0/s1. The molecule has 6 nitrogen and oxygen atoms in total. The maximum atomic E-state index is 13.3. The molecule has 3 rings (SSSR count). The first-order valence-corrected chi connectivity index (χ1v) is 10.9. The highest BCUT2D eigenvalue weighted by Crippen LogP contribution is 2.46. The zero-order valence-corrected chi connectivity index (χ0v) is 19.2. The number of fused-ring (bicyclic) bond motifs is 1. The molecule has 0 bridgehead atoms. The molecule has 2 unspecified atom stereocenters. The van der Waals surface area contributed by atoms with Crippen LogP contribution in [0.15, 0.2) is 18.2 Å².